The molecular formula is C15H23NO3. The highest BCUT2D eigenvalue weighted by molar-refractivity contribution is 5.48. The Hall–Kier alpha value is -1.26. The summed E-state index contributed by atoms with van der Waals surface area (Å²) in [5, 5.41) is 12.5. The van der Waals surface area contributed by atoms with Crippen LogP contribution in [0.15, 0.2) is 12.1 Å². The van der Waals surface area contributed by atoms with Crippen LogP contribution in [-0.2, 0) is 13.0 Å². The molecule has 2 rings (SSSR count). The van der Waals surface area contributed by atoms with Crippen molar-refractivity contribution in [1.29, 1.82) is 0 Å². The summed E-state index contributed by atoms with van der Waals surface area (Å²) in [6.07, 6.45) is 2.08. The highest BCUT2D eigenvalue weighted by Gasteiger charge is 2.21. The van der Waals surface area contributed by atoms with E-state index in [0.717, 1.165) is 29.9 Å². The fourth-order valence-corrected chi connectivity index (χ4v) is 2.40. The van der Waals surface area contributed by atoms with E-state index >= 15 is 0 Å². The lowest BCUT2D eigenvalue weighted by Gasteiger charge is -2.16. The number of fused-ring (bicyclic) bond motifs is 1. The predicted octanol–water partition coefficient (Wildman–Crippen LogP) is 1.88. The van der Waals surface area contributed by atoms with Crippen molar-refractivity contribution in [2.75, 3.05) is 13.7 Å². The maximum Gasteiger partial charge on any atom is 0.123 e. The van der Waals surface area contributed by atoms with Crippen molar-refractivity contribution in [3.8, 4) is 11.5 Å². The summed E-state index contributed by atoms with van der Waals surface area (Å²) in [5.41, 5.74) is 2.28. The van der Waals surface area contributed by atoms with Gasteiger partial charge in [-0.15, -0.1) is 0 Å². The van der Waals surface area contributed by atoms with Crippen molar-refractivity contribution in [2.24, 2.45) is 0 Å². The molecule has 0 spiro atoms. The number of methoxy groups -OCH3 is 1. The van der Waals surface area contributed by atoms with E-state index in [-0.39, 0.29) is 18.8 Å². The highest BCUT2D eigenvalue weighted by atomic mass is 16.5. The minimum Gasteiger partial charge on any atom is -0.496 e. The molecule has 1 unspecified atom stereocenters. The smallest absolute Gasteiger partial charge is 0.123 e. The third-order valence-electron chi connectivity index (χ3n) is 3.59. The van der Waals surface area contributed by atoms with Gasteiger partial charge in [0.15, 0.2) is 0 Å². The zero-order valence-corrected chi connectivity index (χ0v) is 11.9. The number of aliphatic hydroxyl groups is 1. The summed E-state index contributed by atoms with van der Waals surface area (Å²) in [4.78, 5) is 0. The van der Waals surface area contributed by atoms with Crippen LogP contribution in [0.4, 0.5) is 0 Å². The van der Waals surface area contributed by atoms with Crippen LogP contribution in [0.2, 0.25) is 0 Å². The Morgan fingerprint density at radius 3 is 2.95 bits per heavy atom. The Labute approximate surface area is 114 Å². The van der Waals surface area contributed by atoms with Gasteiger partial charge in [-0.3, -0.25) is 0 Å². The first kappa shape index (κ1) is 14.2. The summed E-state index contributed by atoms with van der Waals surface area (Å²) >= 11 is 0. The maximum atomic E-state index is 9.20. The van der Waals surface area contributed by atoms with E-state index in [4.69, 9.17) is 9.47 Å². The monoisotopic (exact) mass is 265 g/mol. The van der Waals surface area contributed by atoms with Crippen LogP contribution in [0.1, 0.15) is 31.4 Å². The molecule has 1 aromatic rings. The fourth-order valence-electron chi connectivity index (χ4n) is 2.40. The number of hydrogen-bond acceptors (Lipinski definition) is 4. The van der Waals surface area contributed by atoms with Gasteiger partial charge in [-0.1, -0.05) is 6.92 Å². The average molecular weight is 265 g/mol. The maximum absolute atomic E-state index is 9.20. The zero-order valence-electron chi connectivity index (χ0n) is 11.9. The van der Waals surface area contributed by atoms with Gasteiger partial charge in [0.1, 0.15) is 17.6 Å². The third-order valence-corrected chi connectivity index (χ3v) is 3.59. The van der Waals surface area contributed by atoms with Crippen LogP contribution >= 0.6 is 0 Å². The molecule has 0 aromatic heterocycles. The normalized spacial score (nSPS) is 18.8. The highest BCUT2D eigenvalue weighted by Crippen LogP contribution is 2.34. The molecule has 19 heavy (non-hydrogen) atoms. The van der Waals surface area contributed by atoms with Gasteiger partial charge in [0.2, 0.25) is 0 Å². The van der Waals surface area contributed by atoms with Gasteiger partial charge in [-0.25, -0.2) is 0 Å². The number of hydrogen-bond donors (Lipinski definition) is 2. The van der Waals surface area contributed by atoms with Gasteiger partial charge < -0.3 is 19.9 Å². The molecule has 2 atom stereocenters. The molecule has 0 bridgehead atoms. The summed E-state index contributed by atoms with van der Waals surface area (Å²) in [5.74, 6) is 1.85. The van der Waals surface area contributed by atoms with Crippen molar-refractivity contribution < 1.29 is 14.6 Å². The van der Waals surface area contributed by atoms with Gasteiger partial charge >= 0.3 is 0 Å². The van der Waals surface area contributed by atoms with Crippen molar-refractivity contribution in [1.82, 2.24) is 5.32 Å². The minimum atomic E-state index is 0.123. The lowest BCUT2D eigenvalue weighted by atomic mass is 10.1. The van der Waals surface area contributed by atoms with E-state index in [0.29, 0.717) is 6.54 Å². The average Bonchev–Trinajstić information content (AvgIpc) is 2.77. The molecule has 1 aliphatic rings. The van der Waals surface area contributed by atoms with Gasteiger partial charge in [0.05, 0.1) is 13.7 Å². The first-order chi connectivity index (χ1) is 9.17. The summed E-state index contributed by atoms with van der Waals surface area (Å²) in [6, 6.07) is 4.24. The van der Waals surface area contributed by atoms with E-state index in [1.165, 1.54) is 5.56 Å². The van der Waals surface area contributed by atoms with Crippen LogP contribution in [0.25, 0.3) is 0 Å². The Kier molecular flexibility index (Phi) is 4.66. The molecule has 0 fully saturated rings. The molecule has 0 saturated heterocycles. The van der Waals surface area contributed by atoms with E-state index in [9.17, 15) is 5.11 Å². The van der Waals surface area contributed by atoms with Gasteiger partial charge in [-0.05, 0) is 25.5 Å². The van der Waals surface area contributed by atoms with E-state index in [1.54, 1.807) is 7.11 Å². The first-order valence-electron chi connectivity index (χ1n) is 6.88. The van der Waals surface area contributed by atoms with Crippen LogP contribution < -0.4 is 14.8 Å². The van der Waals surface area contributed by atoms with Gasteiger partial charge in [0.25, 0.3) is 0 Å². The van der Waals surface area contributed by atoms with Crippen LogP contribution in [0.5, 0.6) is 11.5 Å². The van der Waals surface area contributed by atoms with E-state index < -0.39 is 0 Å². The fraction of sp³-hybridized carbons (Fsp3) is 0.600. The molecule has 1 aliphatic heterocycles. The number of benzene rings is 1. The second-order valence-electron chi connectivity index (χ2n) is 5.07. The molecule has 0 radical (unpaired) electrons. The topological polar surface area (TPSA) is 50.7 Å². The SMILES string of the molecule is CC[C@H](CO)NCc1cc2c(cc1OC)CC(C)O2. The van der Waals surface area contributed by atoms with Gasteiger partial charge in [-0.2, -0.15) is 0 Å². The summed E-state index contributed by atoms with van der Waals surface area (Å²) < 4.78 is 11.2. The number of aliphatic hydroxyl groups excluding tert-OH is 1. The molecule has 1 aromatic carbocycles. The quantitative estimate of drug-likeness (QED) is 0.824. The molecule has 2 N–H and O–H groups in total. The Morgan fingerprint density at radius 1 is 1.53 bits per heavy atom. The Morgan fingerprint density at radius 2 is 2.32 bits per heavy atom. The lowest BCUT2D eigenvalue weighted by molar-refractivity contribution is 0.237. The molecule has 0 saturated carbocycles. The van der Waals surface area contributed by atoms with Gasteiger partial charge in [0, 0.05) is 30.1 Å². The lowest BCUT2D eigenvalue weighted by Crippen LogP contribution is -2.31. The molecule has 106 valence electrons. The van der Waals surface area contributed by atoms with Crippen LogP contribution in [-0.4, -0.2) is 31.0 Å². The molecule has 4 nitrogen and oxygen atoms in total. The number of nitrogens with one attached hydrogen (secondary N) is 1. The second kappa shape index (κ2) is 6.26. The molecule has 4 heteroatoms. The molecule has 1 heterocycles. The standard InChI is InChI=1S/C15H23NO3/c1-4-13(9-17)16-8-12-7-15-11(5-10(2)19-15)6-14(12)18-3/h6-7,10,13,16-17H,4-5,8-9H2,1-3H3/t10?,13-/m1/s1. The van der Waals surface area contributed by atoms with Crippen molar-refractivity contribution in [2.45, 2.75) is 45.4 Å². The number of rotatable bonds is 6. The van der Waals surface area contributed by atoms with Crippen molar-refractivity contribution >= 4 is 0 Å². The zero-order chi connectivity index (χ0) is 13.8. The Bertz CT molecular complexity index is 430. The summed E-state index contributed by atoms with van der Waals surface area (Å²) in [6.45, 7) is 4.95. The largest absolute Gasteiger partial charge is 0.496 e. The molecular weight excluding hydrogens is 242 g/mol. The second-order valence-corrected chi connectivity index (χ2v) is 5.07. The number of ether oxygens (including phenoxy) is 2. The van der Waals surface area contributed by atoms with Crippen molar-refractivity contribution in [3.63, 3.8) is 0 Å². The van der Waals surface area contributed by atoms with E-state index in [1.807, 2.05) is 0 Å². The minimum absolute atomic E-state index is 0.123. The van der Waals surface area contributed by atoms with E-state index in [2.05, 4.69) is 31.3 Å². The molecule has 0 aliphatic carbocycles. The Balaban J connectivity index is 2.14. The summed E-state index contributed by atoms with van der Waals surface area (Å²) in [7, 11) is 1.69. The predicted molar refractivity (Wildman–Crippen MR) is 74.8 cm³/mol. The third kappa shape index (κ3) is 3.19. The van der Waals surface area contributed by atoms with Crippen molar-refractivity contribution in [3.05, 3.63) is 23.3 Å². The molecule has 0 amide bonds. The first-order valence-corrected chi connectivity index (χ1v) is 6.88. The van der Waals surface area contributed by atoms with Crippen LogP contribution in [0.3, 0.4) is 0 Å². The van der Waals surface area contributed by atoms with Crippen LogP contribution in [0, 0.1) is 0 Å².